The minimum absolute atomic E-state index is 0.0105. The molecule has 0 bridgehead atoms. The summed E-state index contributed by atoms with van der Waals surface area (Å²) in [7, 11) is 1.73. The average Bonchev–Trinajstić information content (AvgIpc) is 2.63. The monoisotopic (exact) mass is 344 g/mol. The molecule has 0 aliphatic carbocycles. The second-order valence-corrected chi connectivity index (χ2v) is 6.31. The van der Waals surface area contributed by atoms with Crippen molar-refractivity contribution in [3.05, 3.63) is 64.3 Å². The molecule has 0 radical (unpaired) electrons. The molecule has 0 atom stereocenters. The normalized spacial score (nSPS) is 15.2. The molecule has 0 N–H and O–H groups in total. The Labute approximate surface area is 145 Å². The summed E-state index contributed by atoms with van der Waals surface area (Å²) in [5.74, 6) is 0.365. The number of aromatic nitrogens is 1. The van der Waals surface area contributed by atoms with Crippen LogP contribution in [0.4, 0.5) is 4.39 Å². The van der Waals surface area contributed by atoms with Crippen molar-refractivity contribution in [3.63, 3.8) is 0 Å². The molecule has 1 saturated heterocycles. The summed E-state index contributed by atoms with van der Waals surface area (Å²) in [6.45, 7) is 1.24. The van der Waals surface area contributed by atoms with Gasteiger partial charge < -0.3 is 14.2 Å². The van der Waals surface area contributed by atoms with E-state index in [0.29, 0.717) is 24.8 Å². The first-order valence-electron chi connectivity index (χ1n) is 8.35. The number of carbonyl (C=O) groups is 1. The largest absolute Gasteiger partial charge is 0.484 e. The van der Waals surface area contributed by atoms with Gasteiger partial charge in [-0.25, -0.2) is 4.39 Å². The maximum absolute atomic E-state index is 12.8. The zero-order chi connectivity index (χ0) is 17.8. The Kier molecular flexibility index (Phi) is 5.16. The highest BCUT2D eigenvalue weighted by atomic mass is 19.1. The molecular weight excluding hydrogens is 323 g/mol. The van der Waals surface area contributed by atoms with Gasteiger partial charge in [-0.05, 0) is 54.7 Å². The molecule has 25 heavy (non-hydrogen) atoms. The maximum atomic E-state index is 12.8. The number of carbonyl (C=O) groups excluding carboxylic acids is 1. The van der Waals surface area contributed by atoms with Crippen LogP contribution in [0.25, 0.3) is 0 Å². The number of pyridine rings is 1. The maximum Gasteiger partial charge on any atom is 0.260 e. The van der Waals surface area contributed by atoms with E-state index in [2.05, 4.69) is 0 Å². The number of piperidine rings is 1. The lowest BCUT2D eigenvalue weighted by Gasteiger charge is -2.32. The summed E-state index contributed by atoms with van der Waals surface area (Å²) < 4.78 is 19.8. The van der Waals surface area contributed by atoms with E-state index in [1.54, 1.807) is 28.8 Å². The van der Waals surface area contributed by atoms with Crippen LogP contribution >= 0.6 is 0 Å². The molecule has 1 aliphatic heterocycles. The van der Waals surface area contributed by atoms with Gasteiger partial charge in [0.25, 0.3) is 11.5 Å². The number of nitrogens with zero attached hydrogens (tertiary/aromatic N) is 2. The molecule has 0 saturated carbocycles. The number of amides is 1. The summed E-state index contributed by atoms with van der Waals surface area (Å²) in [5, 5.41) is 0. The molecule has 0 spiro atoms. The van der Waals surface area contributed by atoms with Crippen LogP contribution in [0.3, 0.4) is 0 Å². The van der Waals surface area contributed by atoms with Crippen molar-refractivity contribution in [2.75, 3.05) is 19.7 Å². The van der Waals surface area contributed by atoms with Crippen LogP contribution in [0.15, 0.2) is 47.4 Å². The molecule has 132 valence electrons. The first-order valence-corrected chi connectivity index (χ1v) is 8.35. The Morgan fingerprint density at radius 3 is 2.52 bits per heavy atom. The number of rotatable bonds is 4. The Hall–Kier alpha value is -2.63. The highest BCUT2D eigenvalue weighted by Crippen LogP contribution is 2.27. The van der Waals surface area contributed by atoms with Gasteiger partial charge in [-0.1, -0.05) is 0 Å². The standard InChI is InChI=1S/C19H21FN2O3/c1-21-9-6-15(12-18(21)23)14-7-10-22(11-8-14)19(24)13-25-17-4-2-16(20)3-5-17/h2-6,9,12,14H,7-8,10-11,13H2,1H3. The average molecular weight is 344 g/mol. The van der Waals surface area contributed by atoms with Crippen molar-refractivity contribution in [2.24, 2.45) is 7.05 Å². The number of aryl methyl sites for hydroxylation is 1. The van der Waals surface area contributed by atoms with Crippen molar-refractivity contribution in [2.45, 2.75) is 18.8 Å². The fraction of sp³-hybridized carbons (Fsp3) is 0.368. The topological polar surface area (TPSA) is 51.5 Å². The SMILES string of the molecule is Cn1ccc(C2CCN(C(=O)COc3ccc(F)cc3)CC2)cc1=O. The molecule has 0 unspecified atom stereocenters. The van der Waals surface area contributed by atoms with Gasteiger partial charge in [0.15, 0.2) is 6.61 Å². The highest BCUT2D eigenvalue weighted by molar-refractivity contribution is 5.77. The molecule has 1 aliphatic rings. The van der Waals surface area contributed by atoms with E-state index >= 15 is 0 Å². The van der Waals surface area contributed by atoms with Crippen LogP contribution in [-0.4, -0.2) is 35.1 Å². The molecule has 2 heterocycles. The van der Waals surface area contributed by atoms with E-state index in [-0.39, 0.29) is 23.9 Å². The van der Waals surface area contributed by atoms with Crippen molar-refractivity contribution in [1.82, 2.24) is 9.47 Å². The zero-order valence-corrected chi connectivity index (χ0v) is 14.2. The molecule has 1 fully saturated rings. The molecular formula is C19H21FN2O3. The number of halogens is 1. The van der Waals surface area contributed by atoms with Crippen molar-refractivity contribution >= 4 is 5.91 Å². The van der Waals surface area contributed by atoms with Gasteiger partial charge >= 0.3 is 0 Å². The minimum Gasteiger partial charge on any atom is -0.484 e. The Balaban J connectivity index is 1.51. The molecule has 3 rings (SSSR count). The summed E-state index contributed by atoms with van der Waals surface area (Å²) in [6.07, 6.45) is 3.44. The lowest BCUT2D eigenvalue weighted by atomic mass is 9.90. The molecule has 5 nitrogen and oxygen atoms in total. The lowest BCUT2D eigenvalue weighted by Crippen LogP contribution is -2.40. The van der Waals surface area contributed by atoms with Crippen LogP contribution < -0.4 is 10.3 Å². The van der Waals surface area contributed by atoms with Crippen molar-refractivity contribution < 1.29 is 13.9 Å². The summed E-state index contributed by atoms with van der Waals surface area (Å²) in [6, 6.07) is 9.27. The third-order valence-corrected chi connectivity index (χ3v) is 4.62. The van der Waals surface area contributed by atoms with E-state index in [4.69, 9.17) is 4.74 Å². The first kappa shape index (κ1) is 17.2. The summed E-state index contributed by atoms with van der Waals surface area (Å²) in [5.41, 5.74) is 1.03. The fourth-order valence-electron chi connectivity index (χ4n) is 3.05. The summed E-state index contributed by atoms with van der Waals surface area (Å²) >= 11 is 0. The van der Waals surface area contributed by atoms with E-state index in [1.807, 2.05) is 6.07 Å². The summed E-state index contributed by atoms with van der Waals surface area (Å²) in [4.78, 5) is 25.8. The van der Waals surface area contributed by atoms with E-state index < -0.39 is 0 Å². The lowest BCUT2D eigenvalue weighted by molar-refractivity contribution is -0.134. The number of benzene rings is 1. The van der Waals surface area contributed by atoms with Gasteiger partial charge in [0.2, 0.25) is 0 Å². The number of ether oxygens (including phenoxy) is 1. The molecule has 1 aromatic heterocycles. The third-order valence-electron chi connectivity index (χ3n) is 4.62. The van der Waals surface area contributed by atoms with Gasteiger partial charge in [-0.3, -0.25) is 9.59 Å². The Bertz CT molecular complexity index is 793. The van der Waals surface area contributed by atoms with Crippen LogP contribution in [0, 0.1) is 5.82 Å². The van der Waals surface area contributed by atoms with Crippen molar-refractivity contribution in [1.29, 1.82) is 0 Å². The predicted molar refractivity (Wildman–Crippen MR) is 92.1 cm³/mol. The molecule has 1 amide bonds. The molecule has 1 aromatic carbocycles. The van der Waals surface area contributed by atoms with Crippen molar-refractivity contribution in [3.8, 4) is 5.75 Å². The van der Waals surface area contributed by atoms with Gasteiger partial charge in [-0.2, -0.15) is 0 Å². The number of likely N-dealkylation sites (tertiary alicyclic amines) is 1. The smallest absolute Gasteiger partial charge is 0.260 e. The van der Waals surface area contributed by atoms with Gasteiger partial charge in [0.1, 0.15) is 11.6 Å². The quantitative estimate of drug-likeness (QED) is 0.855. The van der Waals surface area contributed by atoms with Crippen LogP contribution in [-0.2, 0) is 11.8 Å². The zero-order valence-electron chi connectivity index (χ0n) is 14.2. The van der Waals surface area contributed by atoms with Crippen LogP contribution in [0.1, 0.15) is 24.3 Å². The second kappa shape index (κ2) is 7.51. The Morgan fingerprint density at radius 2 is 1.88 bits per heavy atom. The van der Waals surface area contributed by atoms with E-state index in [9.17, 15) is 14.0 Å². The van der Waals surface area contributed by atoms with E-state index in [1.165, 1.54) is 24.3 Å². The van der Waals surface area contributed by atoms with E-state index in [0.717, 1.165) is 18.4 Å². The van der Waals surface area contributed by atoms with Crippen LogP contribution in [0.5, 0.6) is 5.75 Å². The van der Waals surface area contributed by atoms with Gasteiger partial charge in [0, 0.05) is 32.4 Å². The van der Waals surface area contributed by atoms with Crippen LogP contribution in [0.2, 0.25) is 0 Å². The Morgan fingerprint density at radius 1 is 1.20 bits per heavy atom. The third kappa shape index (κ3) is 4.26. The first-order chi connectivity index (χ1) is 12.0. The molecule has 2 aromatic rings. The minimum atomic E-state index is -0.337. The second-order valence-electron chi connectivity index (χ2n) is 6.31. The predicted octanol–water partition coefficient (Wildman–Crippen LogP) is 2.31. The number of hydrogen-bond donors (Lipinski definition) is 0. The molecule has 6 heteroatoms. The number of hydrogen-bond acceptors (Lipinski definition) is 3. The van der Waals surface area contributed by atoms with Gasteiger partial charge in [0.05, 0.1) is 0 Å². The highest BCUT2D eigenvalue weighted by Gasteiger charge is 2.24. The van der Waals surface area contributed by atoms with Gasteiger partial charge in [-0.15, -0.1) is 0 Å². The fourth-order valence-corrected chi connectivity index (χ4v) is 3.05.